The highest BCUT2D eigenvalue weighted by Gasteiger charge is 2.30. The number of likely N-dealkylation sites (tertiary alicyclic amines) is 1. The van der Waals surface area contributed by atoms with Gasteiger partial charge in [-0.25, -0.2) is 0 Å². The number of carbonyl (C=O) groups is 3. The molecule has 1 heterocycles. The van der Waals surface area contributed by atoms with Gasteiger partial charge in [0.1, 0.15) is 23.8 Å². The Morgan fingerprint density at radius 2 is 1.44 bits per heavy atom. The number of hydrogen-bond acceptors (Lipinski definition) is 5. The van der Waals surface area contributed by atoms with Gasteiger partial charge >= 0.3 is 0 Å². The monoisotopic (exact) mass is 368 g/mol. The van der Waals surface area contributed by atoms with E-state index in [0.717, 1.165) is 10.6 Å². The van der Waals surface area contributed by atoms with Crippen molar-refractivity contribution in [1.82, 2.24) is 4.90 Å². The molecule has 0 atom stereocenters. The Kier molecular flexibility index (Phi) is 5.71. The number of rotatable bonds is 7. The molecule has 1 aliphatic rings. The van der Waals surface area contributed by atoms with E-state index in [2.05, 4.69) is 5.32 Å². The minimum Gasteiger partial charge on any atom is -0.494 e. The van der Waals surface area contributed by atoms with E-state index in [-0.39, 0.29) is 31.2 Å². The second-order valence-corrected chi connectivity index (χ2v) is 5.95. The molecule has 0 spiro atoms. The lowest BCUT2D eigenvalue weighted by atomic mass is 10.3. The van der Waals surface area contributed by atoms with Crippen LogP contribution in [0.25, 0.3) is 0 Å². The lowest BCUT2D eigenvalue weighted by molar-refractivity contribution is -0.141. The molecule has 27 heavy (non-hydrogen) atoms. The lowest BCUT2D eigenvalue weighted by Crippen LogP contribution is -2.36. The van der Waals surface area contributed by atoms with Crippen LogP contribution < -0.4 is 14.8 Å². The highest BCUT2D eigenvalue weighted by molar-refractivity contribution is 6.06. The van der Waals surface area contributed by atoms with Crippen molar-refractivity contribution in [3.05, 3.63) is 48.5 Å². The summed E-state index contributed by atoms with van der Waals surface area (Å²) in [5.41, 5.74) is 0.554. The van der Waals surface area contributed by atoms with Crippen LogP contribution in [0.5, 0.6) is 17.2 Å². The first-order valence-electron chi connectivity index (χ1n) is 8.69. The van der Waals surface area contributed by atoms with Gasteiger partial charge < -0.3 is 14.8 Å². The second-order valence-electron chi connectivity index (χ2n) is 5.95. The van der Waals surface area contributed by atoms with Crippen molar-refractivity contribution in [2.24, 2.45) is 0 Å². The normalized spacial score (nSPS) is 13.6. The fourth-order valence-electron chi connectivity index (χ4n) is 2.66. The van der Waals surface area contributed by atoms with Gasteiger partial charge in [0.2, 0.25) is 17.7 Å². The van der Waals surface area contributed by atoms with Crippen molar-refractivity contribution in [2.75, 3.05) is 18.5 Å². The van der Waals surface area contributed by atoms with E-state index in [1.165, 1.54) is 0 Å². The van der Waals surface area contributed by atoms with E-state index in [1.807, 2.05) is 31.2 Å². The summed E-state index contributed by atoms with van der Waals surface area (Å²) >= 11 is 0. The van der Waals surface area contributed by atoms with Crippen LogP contribution in [0.1, 0.15) is 19.8 Å². The smallest absolute Gasteiger partial charge is 0.244 e. The molecule has 0 radical (unpaired) electrons. The zero-order chi connectivity index (χ0) is 19.2. The predicted molar refractivity (Wildman–Crippen MR) is 98.7 cm³/mol. The Bertz CT molecular complexity index is 814. The maximum absolute atomic E-state index is 12.0. The molecule has 0 saturated carbocycles. The molecule has 2 aromatic carbocycles. The number of benzene rings is 2. The first-order chi connectivity index (χ1) is 13.0. The van der Waals surface area contributed by atoms with Crippen molar-refractivity contribution in [3.8, 4) is 17.2 Å². The fourth-order valence-corrected chi connectivity index (χ4v) is 2.66. The second kappa shape index (κ2) is 8.35. The molecule has 1 aliphatic heterocycles. The van der Waals surface area contributed by atoms with E-state index in [9.17, 15) is 14.4 Å². The Morgan fingerprint density at radius 1 is 0.926 bits per heavy atom. The molecule has 0 bridgehead atoms. The van der Waals surface area contributed by atoms with Crippen LogP contribution in [0.2, 0.25) is 0 Å². The summed E-state index contributed by atoms with van der Waals surface area (Å²) in [7, 11) is 0. The molecule has 7 heteroatoms. The molecule has 0 aliphatic carbocycles. The number of imide groups is 1. The largest absolute Gasteiger partial charge is 0.494 e. The molecule has 3 amide bonds. The molecule has 1 saturated heterocycles. The van der Waals surface area contributed by atoms with Crippen LogP contribution in [0.15, 0.2) is 48.5 Å². The van der Waals surface area contributed by atoms with E-state index in [0.29, 0.717) is 23.8 Å². The molecule has 140 valence electrons. The summed E-state index contributed by atoms with van der Waals surface area (Å²) in [6.07, 6.45) is 0.341. The third kappa shape index (κ3) is 4.84. The average molecular weight is 368 g/mol. The SMILES string of the molecule is CCOc1ccc(Oc2ccc(NC(=O)CN3C(=O)CCC3=O)cc2)cc1. The summed E-state index contributed by atoms with van der Waals surface area (Å²) in [6, 6.07) is 14.1. The minimum atomic E-state index is -0.418. The van der Waals surface area contributed by atoms with E-state index in [1.54, 1.807) is 24.3 Å². The maximum atomic E-state index is 12.0. The van der Waals surface area contributed by atoms with Gasteiger partial charge in [0.15, 0.2) is 0 Å². The summed E-state index contributed by atoms with van der Waals surface area (Å²) in [5.74, 6) is 1.02. The fraction of sp³-hybridized carbons (Fsp3) is 0.250. The number of carbonyl (C=O) groups excluding carboxylic acids is 3. The zero-order valence-electron chi connectivity index (χ0n) is 14.9. The Morgan fingerprint density at radius 3 is 2.00 bits per heavy atom. The van der Waals surface area contributed by atoms with Crippen molar-refractivity contribution in [2.45, 2.75) is 19.8 Å². The first-order valence-corrected chi connectivity index (χ1v) is 8.69. The van der Waals surface area contributed by atoms with Gasteiger partial charge in [0.25, 0.3) is 0 Å². The molecule has 1 N–H and O–H groups in total. The van der Waals surface area contributed by atoms with Gasteiger partial charge in [-0.1, -0.05) is 0 Å². The topological polar surface area (TPSA) is 84.9 Å². The van der Waals surface area contributed by atoms with Gasteiger partial charge in [-0.05, 0) is 55.5 Å². The summed E-state index contributed by atoms with van der Waals surface area (Å²) in [6.45, 7) is 2.27. The minimum absolute atomic E-state index is 0.170. The first kappa shape index (κ1) is 18.4. The molecular weight excluding hydrogens is 348 g/mol. The summed E-state index contributed by atoms with van der Waals surface area (Å²) in [4.78, 5) is 36.1. The zero-order valence-corrected chi connectivity index (χ0v) is 14.9. The number of hydrogen-bond donors (Lipinski definition) is 1. The molecule has 0 aromatic heterocycles. The Balaban J connectivity index is 1.54. The Hall–Kier alpha value is -3.35. The van der Waals surface area contributed by atoms with Crippen LogP contribution in [0.3, 0.4) is 0 Å². The van der Waals surface area contributed by atoms with Crippen LogP contribution in [0, 0.1) is 0 Å². The average Bonchev–Trinajstić information content (AvgIpc) is 2.97. The molecule has 7 nitrogen and oxygen atoms in total. The van der Waals surface area contributed by atoms with Gasteiger partial charge in [0, 0.05) is 18.5 Å². The molecule has 2 aromatic rings. The molecule has 3 rings (SSSR count). The van der Waals surface area contributed by atoms with Crippen LogP contribution in [0.4, 0.5) is 5.69 Å². The van der Waals surface area contributed by atoms with Crippen molar-refractivity contribution >= 4 is 23.4 Å². The molecular formula is C20H20N2O5. The van der Waals surface area contributed by atoms with Crippen LogP contribution in [-0.4, -0.2) is 35.8 Å². The standard InChI is InChI=1S/C20H20N2O5/c1-2-26-15-7-9-17(10-8-15)27-16-5-3-14(4-6-16)21-18(23)13-22-19(24)11-12-20(22)25/h3-10H,2,11-13H2,1H3,(H,21,23). The van der Waals surface area contributed by atoms with Crippen LogP contribution in [-0.2, 0) is 14.4 Å². The summed E-state index contributed by atoms with van der Waals surface area (Å²) < 4.78 is 11.1. The number of nitrogens with one attached hydrogen (secondary N) is 1. The van der Waals surface area contributed by atoms with E-state index < -0.39 is 5.91 Å². The summed E-state index contributed by atoms with van der Waals surface area (Å²) in [5, 5.41) is 2.67. The molecule has 0 unspecified atom stereocenters. The van der Waals surface area contributed by atoms with Gasteiger partial charge in [-0.2, -0.15) is 0 Å². The quantitative estimate of drug-likeness (QED) is 0.760. The lowest BCUT2D eigenvalue weighted by Gasteiger charge is -2.13. The van der Waals surface area contributed by atoms with Gasteiger partial charge in [-0.15, -0.1) is 0 Å². The third-order valence-corrected chi connectivity index (χ3v) is 3.97. The van der Waals surface area contributed by atoms with E-state index >= 15 is 0 Å². The Labute approximate surface area is 156 Å². The number of nitrogens with zero attached hydrogens (tertiary/aromatic N) is 1. The highest BCUT2D eigenvalue weighted by Crippen LogP contribution is 2.25. The van der Waals surface area contributed by atoms with Crippen molar-refractivity contribution in [3.63, 3.8) is 0 Å². The molecule has 1 fully saturated rings. The van der Waals surface area contributed by atoms with Gasteiger partial charge in [-0.3, -0.25) is 19.3 Å². The predicted octanol–water partition coefficient (Wildman–Crippen LogP) is 2.97. The highest BCUT2D eigenvalue weighted by atomic mass is 16.5. The van der Waals surface area contributed by atoms with Crippen molar-refractivity contribution < 1.29 is 23.9 Å². The van der Waals surface area contributed by atoms with E-state index in [4.69, 9.17) is 9.47 Å². The maximum Gasteiger partial charge on any atom is 0.244 e. The number of anilines is 1. The number of ether oxygens (including phenoxy) is 2. The van der Waals surface area contributed by atoms with Crippen molar-refractivity contribution in [1.29, 1.82) is 0 Å². The van der Waals surface area contributed by atoms with Crippen LogP contribution >= 0.6 is 0 Å². The third-order valence-electron chi connectivity index (χ3n) is 3.97. The van der Waals surface area contributed by atoms with Gasteiger partial charge in [0.05, 0.1) is 6.61 Å². The number of amides is 3.